The third-order valence-corrected chi connectivity index (χ3v) is 5.50. The largest absolute Gasteiger partial charge is 0.361 e. The van der Waals surface area contributed by atoms with Crippen LogP contribution in [0.2, 0.25) is 0 Å². The number of rotatable bonds is 7. The van der Waals surface area contributed by atoms with Gasteiger partial charge in [0.25, 0.3) is 0 Å². The molecule has 0 saturated carbocycles. The zero-order chi connectivity index (χ0) is 19.4. The van der Waals surface area contributed by atoms with Gasteiger partial charge in [0.1, 0.15) is 0 Å². The Balaban J connectivity index is 1.55. The molecule has 0 aliphatic heterocycles. The van der Waals surface area contributed by atoms with Crippen LogP contribution in [0.1, 0.15) is 36.9 Å². The number of aromatic amines is 1. The van der Waals surface area contributed by atoms with Crippen LogP contribution in [0.4, 0.5) is 0 Å². The van der Waals surface area contributed by atoms with E-state index in [9.17, 15) is 13.2 Å². The molecule has 3 aromatic rings. The lowest BCUT2D eigenvalue weighted by Gasteiger charge is -2.15. The first-order chi connectivity index (χ1) is 12.8. The number of primary sulfonamides is 1. The summed E-state index contributed by atoms with van der Waals surface area (Å²) in [6.45, 7) is 1.82. The lowest BCUT2D eigenvalue weighted by Crippen LogP contribution is -2.26. The molecule has 6 nitrogen and oxygen atoms in total. The number of carbonyl (C=O) groups excluding carboxylic acids is 1. The third-order valence-electron chi connectivity index (χ3n) is 4.59. The molecule has 0 aliphatic carbocycles. The molecule has 4 N–H and O–H groups in total. The van der Waals surface area contributed by atoms with E-state index < -0.39 is 10.0 Å². The summed E-state index contributed by atoms with van der Waals surface area (Å²) in [5.41, 5.74) is 3.00. The second kappa shape index (κ2) is 7.94. The molecule has 1 amide bonds. The van der Waals surface area contributed by atoms with Gasteiger partial charge in [0, 0.05) is 23.5 Å². The molecule has 1 aromatic heterocycles. The summed E-state index contributed by atoms with van der Waals surface area (Å²) in [5.74, 6) is -0.0663. The van der Waals surface area contributed by atoms with Gasteiger partial charge in [-0.25, -0.2) is 13.6 Å². The van der Waals surface area contributed by atoms with E-state index >= 15 is 0 Å². The summed E-state index contributed by atoms with van der Waals surface area (Å²) in [7, 11) is -3.76. The van der Waals surface area contributed by atoms with Gasteiger partial charge in [-0.3, -0.25) is 4.79 Å². The predicted molar refractivity (Wildman–Crippen MR) is 106 cm³/mol. The first-order valence-electron chi connectivity index (χ1n) is 8.82. The molecule has 1 unspecified atom stereocenters. The topological polar surface area (TPSA) is 105 Å². The molecule has 0 fully saturated rings. The fourth-order valence-electron chi connectivity index (χ4n) is 3.14. The van der Waals surface area contributed by atoms with Gasteiger partial charge in [-0.15, -0.1) is 0 Å². The average molecular weight is 385 g/mol. The first kappa shape index (κ1) is 19.1. The number of para-hydroxylation sites is 1. The maximum Gasteiger partial charge on any atom is 0.238 e. The average Bonchev–Trinajstić information content (AvgIpc) is 3.04. The van der Waals surface area contributed by atoms with Crippen molar-refractivity contribution < 1.29 is 13.2 Å². The fourth-order valence-corrected chi connectivity index (χ4v) is 3.70. The number of hydrogen-bond acceptors (Lipinski definition) is 3. The Bertz CT molecular complexity index is 1060. The number of carbonyl (C=O) groups is 1. The number of sulfonamides is 1. The second-order valence-corrected chi connectivity index (χ2v) is 8.18. The van der Waals surface area contributed by atoms with Gasteiger partial charge in [0.2, 0.25) is 15.9 Å². The molecule has 27 heavy (non-hydrogen) atoms. The van der Waals surface area contributed by atoms with Gasteiger partial charge in [-0.05, 0) is 49.1 Å². The Morgan fingerprint density at radius 1 is 1.19 bits per heavy atom. The van der Waals surface area contributed by atoms with E-state index in [2.05, 4.69) is 16.4 Å². The van der Waals surface area contributed by atoms with E-state index in [0.29, 0.717) is 12.0 Å². The molecule has 2 aromatic carbocycles. The molecule has 0 aliphatic rings. The number of aromatic nitrogens is 1. The van der Waals surface area contributed by atoms with E-state index in [1.165, 1.54) is 23.1 Å². The minimum absolute atomic E-state index is 0.0421. The van der Waals surface area contributed by atoms with Crippen LogP contribution in [0.5, 0.6) is 0 Å². The van der Waals surface area contributed by atoms with Crippen LogP contribution in [0.15, 0.2) is 59.6 Å². The van der Waals surface area contributed by atoms with Gasteiger partial charge in [-0.2, -0.15) is 0 Å². The zero-order valence-electron chi connectivity index (χ0n) is 15.1. The predicted octanol–water partition coefficient (Wildman–Crippen LogP) is 3.02. The van der Waals surface area contributed by atoms with Crippen molar-refractivity contribution in [1.82, 2.24) is 10.3 Å². The highest BCUT2D eigenvalue weighted by Gasteiger charge is 2.13. The second-order valence-electron chi connectivity index (χ2n) is 6.62. The number of nitrogens with one attached hydrogen (secondary N) is 2. The molecule has 0 bridgehead atoms. The summed E-state index contributed by atoms with van der Waals surface area (Å²) >= 11 is 0. The van der Waals surface area contributed by atoms with E-state index in [1.54, 1.807) is 12.1 Å². The Morgan fingerprint density at radius 2 is 1.96 bits per heavy atom. The monoisotopic (exact) mass is 385 g/mol. The van der Waals surface area contributed by atoms with Gasteiger partial charge in [0.05, 0.1) is 10.9 Å². The van der Waals surface area contributed by atoms with Crippen molar-refractivity contribution in [2.45, 2.75) is 37.1 Å². The Labute approximate surface area is 158 Å². The molecule has 0 spiro atoms. The number of H-pyrrole nitrogens is 1. The van der Waals surface area contributed by atoms with Crippen molar-refractivity contribution in [3.8, 4) is 0 Å². The van der Waals surface area contributed by atoms with Crippen LogP contribution in [0.3, 0.4) is 0 Å². The molecule has 1 heterocycles. The molecule has 1 atom stereocenters. The van der Waals surface area contributed by atoms with Gasteiger partial charge >= 0.3 is 0 Å². The smallest absolute Gasteiger partial charge is 0.238 e. The highest BCUT2D eigenvalue weighted by molar-refractivity contribution is 7.89. The molecule has 7 heteroatoms. The SMILES string of the molecule is CC(NC(=O)CCCc1c[nH]c2ccccc12)c1cccc(S(N)(=O)=O)c1. The minimum Gasteiger partial charge on any atom is -0.361 e. The van der Waals surface area contributed by atoms with Crippen LogP contribution in [-0.2, 0) is 21.2 Å². The van der Waals surface area contributed by atoms with Crippen LogP contribution in [-0.4, -0.2) is 19.3 Å². The zero-order valence-corrected chi connectivity index (χ0v) is 15.9. The van der Waals surface area contributed by atoms with Crippen molar-refractivity contribution in [2.75, 3.05) is 0 Å². The Morgan fingerprint density at radius 3 is 2.74 bits per heavy atom. The lowest BCUT2D eigenvalue weighted by atomic mass is 10.1. The van der Waals surface area contributed by atoms with Gasteiger partial charge < -0.3 is 10.3 Å². The standard InChI is InChI=1S/C20H23N3O3S/c1-14(15-6-4-8-17(12-15)27(21,25)26)23-20(24)11-5-7-16-13-22-19-10-3-2-9-18(16)19/h2-4,6,8-10,12-14,22H,5,7,11H2,1H3,(H,23,24)(H2,21,25,26). The highest BCUT2D eigenvalue weighted by Crippen LogP contribution is 2.20. The van der Waals surface area contributed by atoms with E-state index in [-0.39, 0.29) is 16.8 Å². The van der Waals surface area contributed by atoms with Crippen LogP contribution in [0.25, 0.3) is 10.9 Å². The highest BCUT2D eigenvalue weighted by atomic mass is 32.2. The molecule has 142 valence electrons. The molecule has 0 saturated heterocycles. The number of fused-ring (bicyclic) bond motifs is 1. The van der Waals surface area contributed by atoms with Crippen LogP contribution in [0, 0.1) is 0 Å². The van der Waals surface area contributed by atoms with E-state index in [4.69, 9.17) is 5.14 Å². The number of benzene rings is 2. The summed E-state index contributed by atoms with van der Waals surface area (Å²) in [5, 5.41) is 9.26. The maximum absolute atomic E-state index is 12.2. The van der Waals surface area contributed by atoms with Gasteiger partial charge in [0.15, 0.2) is 0 Å². The van der Waals surface area contributed by atoms with Crippen molar-refractivity contribution in [1.29, 1.82) is 0 Å². The maximum atomic E-state index is 12.2. The van der Waals surface area contributed by atoms with Gasteiger partial charge in [-0.1, -0.05) is 30.3 Å². The number of hydrogen-bond donors (Lipinski definition) is 3. The summed E-state index contributed by atoms with van der Waals surface area (Å²) in [4.78, 5) is 15.5. The summed E-state index contributed by atoms with van der Waals surface area (Å²) in [6, 6.07) is 14.1. The van der Waals surface area contributed by atoms with Crippen molar-refractivity contribution in [3.05, 3.63) is 65.9 Å². The number of amides is 1. The Hall–Kier alpha value is -2.64. The minimum atomic E-state index is -3.76. The Kier molecular flexibility index (Phi) is 5.62. The van der Waals surface area contributed by atoms with Crippen molar-refractivity contribution in [2.24, 2.45) is 5.14 Å². The molecular formula is C20H23N3O3S. The molecular weight excluding hydrogens is 362 g/mol. The first-order valence-corrected chi connectivity index (χ1v) is 10.4. The van der Waals surface area contributed by atoms with E-state index in [1.807, 2.05) is 31.3 Å². The normalized spacial score (nSPS) is 12.8. The van der Waals surface area contributed by atoms with E-state index in [0.717, 1.165) is 18.4 Å². The van der Waals surface area contributed by atoms with Crippen LogP contribution < -0.4 is 10.5 Å². The summed E-state index contributed by atoms with van der Waals surface area (Å²) < 4.78 is 22.9. The fraction of sp³-hybridized carbons (Fsp3) is 0.250. The quantitative estimate of drug-likeness (QED) is 0.582. The van der Waals surface area contributed by atoms with Crippen molar-refractivity contribution in [3.63, 3.8) is 0 Å². The van der Waals surface area contributed by atoms with Crippen LogP contribution >= 0.6 is 0 Å². The lowest BCUT2D eigenvalue weighted by molar-refractivity contribution is -0.121. The summed E-state index contributed by atoms with van der Waals surface area (Å²) in [6.07, 6.45) is 3.94. The van der Waals surface area contributed by atoms with Crippen molar-refractivity contribution >= 4 is 26.8 Å². The number of nitrogens with two attached hydrogens (primary N) is 1. The third kappa shape index (κ3) is 4.75. The molecule has 0 radical (unpaired) electrons. The molecule has 3 rings (SSSR count). The number of aryl methyl sites for hydroxylation is 1.